The number of hydrogen-bond donors (Lipinski definition) is 0. The Morgan fingerprint density at radius 2 is 2.35 bits per heavy atom. The summed E-state index contributed by atoms with van der Waals surface area (Å²) in [5.74, 6) is 1.47. The molecule has 1 aliphatic rings. The molecule has 2 rings (SSSR count). The highest BCUT2D eigenvalue weighted by Crippen LogP contribution is 2.26. The van der Waals surface area contributed by atoms with E-state index in [1.807, 2.05) is 6.92 Å². The van der Waals surface area contributed by atoms with Crippen LogP contribution in [-0.4, -0.2) is 47.3 Å². The summed E-state index contributed by atoms with van der Waals surface area (Å²) in [4.78, 5) is 17.8. The number of hydrogen-bond acceptors (Lipinski definition) is 5. The van der Waals surface area contributed by atoms with E-state index in [0.29, 0.717) is 31.2 Å². The zero-order valence-electron chi connectivity index (χ0n) is 10.3. The Balaban J connectivity index is 1.88. The van der Waals surface area contributed by atoms with Crippen molar-refractivity contribution in [1.29, 1.82) is 0 Å². The van der Waals surface area contributed by atoms with Crippen molar-refractivity contribution in [2.75, 3.05) is 20.2 Å². The molecule has 0 N–H and O–H groups in total. The largest absolute Gasteiger partial charge is 0.372 e. The number of carbonyl (C=O) groups is 1. The van der Waals surface area contributed by atoms with E-state index < -0.39 is 0 Å². The molecule has 1 atom stereocenters. The molecule has 0 radical (unpaired) electrons. The number of amides is 1. The molecule has 2 heterocycles. The molecule has 17 heavy (non-hydrogen) atoms. The molecule has 1 aromatic heterocycles. The number of aryl methyl sites for hydroxylation is 1. The number of ether oxygens (including phenoxy) is 1. The molecule has 6 heteroatoms. The third-order valence-corrected chi connectivity index (χ3v) is 3.02. The Bertz CT molecular complexity index is 394. The second-order valence-electron chi connectivity index (χ2n) is 4.25. The molecule has 0 aromatic carbocycles. The average molecular weight is 239 g/mol. The molecular formula is C11H17N3O3. The van der Waals surface area contributed by atoms with Crippen molar-refractivity contribution in [3.8, 4) is 0 Å². The number of likely N-dealkylation sites (tertiary alicyclic amines) is 1. The molecule has 0 spiro atoms. The zero-order chi connectivity index (χ0) is 12.4. The van der Waals surface area contributed by atoms with Gasteiger partial charge in [-0.1, -0.05) is 12.1 Å². The Kier molecular flexibility index (Phi) is 3.42. The minimum absolute atomic E-state index is 0.0440. The Labute approximate surface area is 99.9 Å². The standard InChI is InChI=1S/C11H17N3O3/c1-4-9(16-3)11(15)14-5-8(6-14)10-12-7(2)13-17-10/h8-9H,4-6H2,1-3H3. The molecule has 1 aliphatic heterocycles. The molecular weight excluding hydrogens is 222 g/mol. The molecule has 1 amide bonds. The lowest BCUT2D eigenvalue weighted by Gasteiger charge is -2.38. The van der Waals surface area contributed by atoms with Crippen LogP contribution in [0, 0.1) is 6.92 Å². The van der Waals surface area contributed by atoms with Gasteiger partial charge in [-0.05, 0) is 13.3 Å². The van der Waals surface area contributed by atoms with E-state index in [4.69, 9.17) is 9.26 Å². The predicted octanol–water partition coefficient (Wildman–Crippen LogP) is 0.729. The van der Waals surface area contributed by atoms with E-state index in [2.05, 4.69) is 10.1 Å². The monoisotopic (exact) mass is 239 g/mol. The highest BCUT2D eigenvalue weighted by atomic mass is 16.5. The van der Waals surface area contributed by atoms with Gasteiger partial charge in [0.15, 0.2) is 5.82 Å². The maximum absolute atomic E-state index is 11.9. The van der Waals surface area contributed by atoms with E-state index in [1.54, 1.807) is 18.9 Å². The second kappa shape index (κ2) is 4.83. The third-order valence-electron chi connectivity index (χ3n) is 3.02. The highest BCUT2D eigenvalue weighted by molar-refractivity contribution is 5.81. The maximum atomic E-state index is 11.9. The van der Waals surface area contributed by atoms with Gasteiger partial charge in [0.25, 0.3) is 5.91 Å². The lowest BCUT2D eigenvalue weighted by atomic mass is 9.99. The first-order valence-corrected chi connectivity index (χ1v) is 5.77. The van der Waals surface area contributed by atoms with Gasteiger partial charge >= 0.3 is 0 Å². The van der Waals surface area contributed by atoms with Crippen LogP contribution >= 0.6 is 0 Å². The van der Waals surface area contributed by atoms with Crippen LogP contribution in [0.3, 0.4) is 0 Å². The number of rotatable bonds is 4. The number of aromatic nitrogens is 2. The van der Waals surface area contributed by atoms with E-state index in [-0.39, 0.29) is 17.9 Å². The van der Waals surface area contributed by atoms with Crippen LogP contribution in [-0.2, 0) is 9.53 Å². The molecule has 1 saturated heterocycles. The summed E-state index contributed by atoms with van der Waals surface area (Å²) >= 11 is 0. The Morgan fingerprint density at radius 1 is 1.65 bits per heavy atom. The fraction of sp³-hybridized carbons (Fsp3) is 0.727. The van der Waals surface area contributed by atoms with Crippen molar-refractivity contribution in [3.63, 3.8) is 0 Å². The summed E-state index contributed by atoms with van der Waals surface area (Å²) in [5.41, 5.74) is 0. The maximum Gasteiger partial charge on any atom is 0.251 e. The van der Waals surface area contributed by atoms with Crippen molar-refractivity contribution < 1.29 is 14.1 Å². The number of nitrogens with zero attached hydrogens (tertiary/aromatic N) is 3. The van der Waals surface area contributed by atoms with Crippen LogP contribution < -0.4 is 0 Å². The molecule has 0 aliphatic carbocycles. The van der Waals surface area contributed by atoms with E-state index >= 15 is 0 Å². The normalized spacial score (nSPS) is 17.9. The van der Waals surface area contributed by atoms with Crippen LogP contribution in [0.25, 0.3) is 0 Å². The van der Waals surface area contributed by atoms with Crippen molar-refractivity contribution >= 4 is 5.91 Å². The van der Waals surface area contributed by atoms with Gasteiger partial charge in [0.1, 0.15) is 6.10 Å². The van der Waals surface area contributed by atoms with Crippen molar-refractivity contribution in [2.45, 2.75) is 32.3 Å². The number of methoxy groups -OCH3 is 1. The molecule has 6 nitrogen and oxygen atoms in total. The first-order chi connectivity index (χ1) is 8.15. The summed E-state index contributed by atoms with van der Waals surface area (Å²) in [6, 6.07) is 0. The molecule has 0 bridgehead atoms. The minimum Gasteiger partial charge on any atom is -0.372 e. The van der Waals surface area contributed by atoms with Crippen molar-refractivity contribution in [1.82, 2.24) is 15.0 Å². The van der Waals surface area contributed by atoms with E-state index in [1.165, 1.54) is 0 Å². The molecule has 0 saturated carbocycles. The number of carbonyl (C=O) groups excluding carboxylic acids is 1. The van der Waals surface area contributed by atoms with Crippen LogP contribution in [0.5, 0.6) is 0 Å². The molecule has 1 unspecified atom stereocenters. The summed E-state index contributed by atoms with van der Waals surface area (Å²) in [7, 11) is 1.56. The van der Waals surface area contributed by atoms with Gasteiger partial charge in [0, 0.05) is 20.2 Å². The van der Waals surface area contributed by atoms with Crippen LogP contribution in [0.1, 0.15) is 31.0 Å². The summed E-state index contributed by atoms with van der Waals surface area (Å²) in [6.07, 6.45) is 0.358. The van der Waals surface area contributed by atoms with E-state index in [9.17, 15) is 4.79 Å². The van der Waals surface area contributed by atoms with Crippen LogP contribution in [0.4, 0.5) is 0 Å². The predicted molar refractivity (Wildman–Crippen MR) is 59.4 cm³/mol. The summed E-state index contributed by atoms with van der Waals surface area (Å²) in [6.45, 7) is 5.00. The minimum atomic E-state index is -0.333. The van der Waals surface area contributed by atoms with Crippen molar-refractivity contribution in [3.05, 3.63) is 11.7 Å². The third kappa shape index (κ3) is 2.31. The van der Waals surface area contributed by atoms with Crippen LogP contribution in [0.2, 0.25) is 0 Å². The van der Waals surface area contributed by atoms with E-state index in [0.717, 1.165) is 0 Å². The van der Waals surface area contributed by atoms with Gasteiger partial charge in [-0.15, -0.1) is 0 Å². The lowest BCUT2D eigenvalue weighted by molar-refractivity contribution is -0.147. The van der Waals surface area contributed by atoms with Gasteiger partial charge in [-0.3, -0.25) is 4.79 Å². The fourth-order valence-corrected chi connectivity index (χ4v) is 1.94. The lowest BCUT2D eigenvalue weighted by Crippen LogP contribution is -2.52. The molecule has 94 valence electrons. The van der Waals surface area contributed by atoms with Crippen LogP contribution in [0.15, 0.2) is 4.52 Å². The smallest absolute Gasteiger partial charge is 0.251 e. The second-order valence-corrected chi connectivity index (χ2v) is 4.25. The van der Waals surface area contributed by atoms with Gasteiger partial charge in [-0.2, -0.15) is 4.98 Å². The summed E-state index contributed by atoms with van der Waals surface area (Å²) < 4.78 is 10.2. The van der Waals surface area contributed by atoms with Gasteiger partial charge in [0.2, 0.25) is 5.89 Å². The average Bonchev–Trinajstić information content (AvgIpc) is 2.64. The Morgan fingerprint density at radius 3 is 2.82 bits per heavy atom. The first-order valence-electron chi connectivity index (χ1n) is 5.77. The highest BCUT2D eigenvalue weighted by Gasteiger charge is 2.37. The zero-order valence-corrected chi connectivity index (χ0v) is 10.3. The van der Waals surface area contributed by atoms with Crippen molar-refractivity contribution in [2.24, 2.45) is 0 Å². The summed E-state index contributed by atoms with van der Waals surface area (Å²) in [5, 5.41) is 3.74. The molecule has 1 fully saturated rings. The van der Waals surface area contributed by atoms with Gasteiger partial charge in [-0.25, -0.2) is 0 Å². The van der Waals surface area contributed by atoms with Gasteiger partial charge < -0.3 is 14.2 Å². The SMILES string of the molecule is CCC(OC)C(=O)N1CC(c2nc(C)no2)C1. The fourth-order valence-electron chi connectivity index (χ4n) is 1.94. The first kappa shape index (κ1) is 12.0. The molecule has 1 aromatic rings. The topological polar surface area (TPSA) is 68.5 Å². The quantitative estimate of drug-likeness (QED) is 0.774. The Hall–Kier alpha value is -1.43. The van der Waals surface area contributed by atoms with Gasteiger partial charge in [0.05, 0.1) is 5.92 Å².